The highest BCUT2D eigenvalue weighted by Crippen LogP contribution is 2.13. The summed E-state index contributed by atoms with van der Waals surface area (Å²) in [6.07, 6.45) is 0. The summed E-state index contributed by atoms with van der Waals surface area (Å²) in [6, 6.07) is 3.95. The standard InChI is InChI=1S/C14H16FN3O3/c15-12-4-3-11(10(6-12)2-1-5-19)7-18(8-13(16)20)9-14(17)21/h3-4,6,19H,5,7-9H2,(H2,16,20)(H2,17,21). The van der Waals surface area contributed by atoms with Gasteiger partial charge in [-0.15, -0.1) is 0 Å². The van der Waals surface area contributed by atoms with Gasteiger partial charge < -0.3 is 16.6 Å². The van der Waals surface area contributed by atoms with Gasteiger partial charge in [-0.05, 0) is 17.7 Å². The summed E-state index contributed by atoms with van der Waals surface area (Å²) in [7, 11) is 0. The molecule has 5 N–H and O–H groups in total. The van der Waals surface area contributed by atoms with Crippen LogP contribution in [0.25, 0.3) is 0 Å². The highest BCUT2D eigenvalue weighted by atomic mass is 19.1. The summed E-state index contributed by atoms with van der Waals surface area (Å²) in [5.74, 6) is 3.35. The molecule has 112 valence electrons. The predicted octanol–water partition coefficient (Wildman–Crippen LogP) is -1.06. The number of halogens is 1. The molecule has 6 nitrogen and oxygen atoms in total. The van der Waals surface area contributed by atoms with Gasteiger partial charge in [-0.25, -0.2) is 4.39 Å². The van der Waals surface area contributed by atoms with E-state index < -0.39 is 17.6 Å². The van der Waals surface area contributed by atoms with E-state index >= 15 is 0 Å². The molecule has 1 rings (SSSR count). The molecule has 21 heavy (non-hydrogen) atoms. The van der Waals surface area contributed by atoms with Crippen LogP contribution in [0.3, 0.4) is 0 Å². The Morgan fingerprint density at radius 3 is 2.38 bits per heavy atom. The van der Waals surface area contributed by atoms with Gasteiger partial charge in [0.25, 0.3) is 0 Å². The van der Waals surface area contributed by atoms with Crippen molar-refractivity contribution < 1.29 is 19.1 Å². The number of nitrogens with zero attached hydrogens (tertiary/aromatic N) is 1. The maximum absolute atomic E-state index is 13.2. The predicted molar refractivity (Wildman–Crippen MR) is 74.0 cm³/mol. The highest BCUT2D eigenvalue weighted by Gasteiger charge is 2.14. The summed E-state index contributed by atoms with van der Waals surface area (Å²) in [5, 5.41) is 8.71. The molecule has 0 fully saturated rings. The third-order valence-electron chi connectivity index (χ3n) is 2.53. The number of aliphatic hydroxyl groups excluding tert-OH is 1. The average Bonchev–Trinajstić information content (AvgIpc) is 2.37. The maximum Gasteiger partial charge on any atom is 0.231 e. The van der Waals surface area contributed by atoms with Crippen LogP contribution in [0.1, 0.15) is 11.1 Å². The molecule has 0 aliphatic carbocycles. The zero-order valence-corrected chi connectivity index (χ0v) is 11.3. The molecular weight excluding hydrogens is 277 g/mol. The van der Waals surface area contributed by atoms with E-state index in [1.807, 2.05) is 0 Å². The molecule has 0 bridgehead atoms. The van der Waals surface area contributed by atoms with Crippen LogP contribution in [0.5, 0.6) is 0 Å². The van der Waals surface area contributed by atoms with Crippen molar-refractivity contribution in [2.24, 2.45) is 11.5 Å². The topological polar surface area (TPSA) is 110 Å². The monoisotopic (exact) mass is 293 g/mol. The van der Waals surface area contributed by atoms with Gasteiger partial charge in [0.15, 0.2) is 0 Å². The van der Waals surface area contributed by atoms with E-state index in [-0.39, 0.29) is 26.2 Å². The number of rotatable bonds is 6. The second-order valence-corrected chi connectivity index (χ2v) is 4.34. The molecule has 2 amide bonds. The lowest BCUT2D eigenvalue weighted by Gasteiger charge is -2.19. The zero-order valence-electron chi connectivity index (χ0n) is 11.3. The molecule has 0 radical (unpaired) electrons. The molecule has 7 heteroatoms. The van der Waals surface area contributed by atoms with Crippen LogP contribution < -0.4 is 11.5 Å². The Bertz CT molecular complexity index is 577. The fraction of sp³-hybridized carbons (Fsp3) is 0.286. The normalized spacial score (nSPS) is 10.0. The molecule has 0 saturated heterocycles. The molecule has 0 spiro atoms. The van der Waals surface area contributed by atoms with E-state index in [0.29, 0.717) is 11.1 Å². The first-order valence-corrected chi connectivity index (χ1v) is 6.09. The Morgan fingerprint density at radius 1 is 1.24 bits per heavy atom. The molecule has 1 aromatic rings. The number of carbonyl (C=O) groups excluding carboxylic acids is 2. The number of hydrogen-bond acceptors (Lipinski definition) is 4. The second-order valence-electron chi connectivity index (χ2n) is 4.34. The number of amides is 2. The van der Waals surface area contributed by atoms with E-state index in [1.165, 1.54) is 23.1 Å². The van der Waals surface area contributed by atoms with E-state index in [4.69, 9.17) is 16.6 Å². The zero-order chi connectivity index (χ0) is 15.8. The van der Waals surface area contributed by atoms with Crippen LogP contribution in [0.2, 0.25) is 0 Å². The van der Waals surface area contributed by atoms with Crippen molar-refractivity contribution in [3.05, 3.63) is 35.1 Å². The van der Waals surface area contributed by atoms with E-state index in [1.54, 1.807) is 0 Å². The van der Waals surface area contributed by atoms with E-state index in [2.05, 4.69) is 11.8 Å². The van der Waals surface area contributed by atoms with Crippen LogP contribution >= 0.6 is 0 Å². The molecule has 0 heterocycles. The summed E-state index contributed by atoms with van der Waals surface area (Å²) < 4.78 is 13.2. The molecular formula is C14H16FN3O3. The largest absolute Gasteiger partial charge is 0.384 e. The van der Waals surface area contributed by atoms with Gasteiger partial charge in [0.2, 0.25) is 11.8 Å². The lowest BCUT2D eigenvalue weighted by molar-refractivity contribution is -0.122. The quantitative estimate of drug-likeness (QED) is 0.581. The van der Waals surface area contributed by atoms with Crippen molar-refractivity contribution in [1.82, 2.24) is 4.90 Å². The smallest absolute Gasteiger partial charge is 0.231 e. The molecule has 0 saturated carbocycles. The summed E-state index contributed by atoms with van der Waals surface area (Å²) in [4.78, 5) is 23.4. The van der Waals surface area contributed by atoms with Gasteiger partial charge in [0.05, 0.1) is 13.1 Å². The minimum Gasteiger partial charge on any atom is -0.384 e. The van der Waals surface area contributed by atoms with Crippen LogP contribution in [-0.4, -0.2) is 41.5 Å². The third-order valence-corrected chi connectivity index (χ3v) is 2.53. The second kappa shape index (κ2) is 7.99. The van der Waals surface area contributed by atoms with Gasteiger partial charge in [-0.3, -0.25) is 14.5 Å². The molecule has 0 aromatic heterocycles. The van der Waals surface area contributed by atoms with Crippen molar-refractivity contribution in [1.29, 1.82) is 0 Å². The Kier molecular flexibility index (Phi) is 6.33. The Balaban J connectivity index is 3.01. The van der Waals surface area contributed by atoms with E-state index in [9.17, 15) is 14.0 Å². The van der Waals surface area contributed by atoms with Gasteiger partial charge >= 0.3 is 0 Å². The number of carbonyl (C=O) groups is 2. The number of primary amides is 2. The Labute approximate surface area is 121 Å². The van der Waals surface area contributed by atoms with E-state index in [0.717, 1.165) is 0 Å². The summed E-state index contributed by atoms with van der Waals surface area (Å²) >= 11 is 0. The summed E-state index contributed by atoms with van der Waals surface area (Å²) in [5.41, 5.74) is 11.2. The number of benzene rings is 1. The average molecular weight is 293 g/mol. The number of hydrogen-bond donors (Lipinski definition) is 3. The van der Waals surface area contributed by atoms with Gasteiger partial charge in [0, 0.05) is 12.1 Å². The lowest BCUT2D eigenvalue weighted by atomic mass is 10.1. The SMILES string of the molecule is NC(=O)CN(CC(N)=O)Cc1ccc(F)cc1C#CCO. The van der Waals surface area contributed by atoms with Crippen LogP contribution in [0.15, 0.2) is 18.2 Å². The summed E-state index contributed by atoms with van der Waals surface area (Å²) in [6.45, 7) is -0.524. The first kappa shape index (κ1) is 16.6. The van der Waals surface area contributed by atoms with Crippen molar-refractivity contribution >= 4 is 11.8 Å². The Hall–Kier alpha value is -2.43. The highest BCUT2D eigenvalue weighted by molar-refractivity contribution is 5.79. The minimum absolute atomic E-state index is 0.154. The number of aliphatic hydroxyl groups is 1. The first-order valence-electron chi connectivity index (χ1n) is 6.09. The van der Waals surface area contributed by atoms with Crippen LogP contribution in [0, 0.1) is 17.7 Å². The molecule has 1 aromatic carbocycles. The van der Waals surface area contributed by atoms with Crippen LogP contribution in [0.4, 0.5) is 4.39 Å². The maximum atomic E-state index is 13.2. The van der Waals surface area contributed by atoms with Gasteiger partial charge in [-0.1, -0.05) is 17.9 Å². The molecule has 0 unspecified atom stereocenters. The van der Waals surface area contributed by atoms with Crippen molar-refractivity contribution in [2.75, 3.05) is 19.7 Å². The molecule has 0 atom stereocenters. The Morgan fingerprint density at radius 2 is 1.86 bits per heavy atom. The van der Waals surface area contributed by atoms with Gasteiger partial charge in [-0.2, -0.15) is 0 Å². The molecule has 0 aliphatic rings. The fourth-order valence-corrected chi connectivity index (χ4v) is 1.79. The van der Waals surface area contributed by atoms with Crippen molar-refractivity contribution in [3.63, 3.8) is 0 Å². The van der Waals surface area contributed by atoms with Crippen LogP contribution in [-0.2, 0) is 16.1 Å². The number of nitrogens with two attached hydrogens (primary N) is 2. The van der Waals surface area contributed by atoms with Gasteiger partial charge in [0.1, 0.15) is 12.4 Å². The third kappa shape index (κ3) is 6.03. The fourth-order valence-electron chi connectivity index (χ4n) is 1.79. The van der Waals surface area contributed by atoms with Crippen molar-refractivity contribution in [3.8, 4) is 11.8 Å². The molecule has 0 aliphatic heterocycles. The first-order chi connectivity index (χ1) is 9.92. The minimum atomic E-state index is -0.610. The lowest BCUT2D eigenvalue weighted by Crippen LogP contribution is -2.39. The van der Waals surface area contributed by atoms with Crippen molar-refractivity contribution in [2.45, 2.75) is 6.54 Å².